The van der Waals surface area contributed by atoms with Crippen molar-refractivity contribution in [1.29, 1.82) is 0 Å². The molecule has 2 heterocycles. The van der Waals surface area contributed by atoms with Gasteiger partial charge in [-0.25, -0.2) is 4.98 Å². The van der Waals surface area contributed by atoms with Crippen molar-refractivity contribution in [2.75, 3.05) is 11.4 Å². The van der Waals surface area contributed by atoms with Crippen molar-refractivity contribution in [3.8, 4) is 11.5 Å². The van der Waals surface area contributed by atoms with E-state index in [2.05, 4.69) is 9.97 Å². The highest BCUT2D eigenvalue weighted by atomic mass is 16.4. The lowest BCUT2D eigenvalue weighted by Crippen LogP contribution is -2.33. The molecule has 0 saturated heterocycles. The number of carbonyl (C=O) groups excluding carboxylic acids is 1. The summed E-state index contributed by atoms with van der Waals surface area (Å²) in [6.07, 6.45) is 5.74. The topological polar surface area (TPSA) is 59.2 Å². The number of aromatic nitrogens is 2. The van der Waals surface area contributed by atoms with Crippen molar-refractivity contribution in [3.05, 3.63) is 66.3 Å². The van der Waals surface area contributed by atoms with Gasteiger partial charge in [0, 0.05) is 18.3 Å². The molecule has 0 bridgehead atoms. The number of carbonyl (C=O) groups is 1. The zero-order valence-electron chi connectivity index (χ0n) is 14.1. The number of oxazole rings is 1. The second-order valence-corrected chi connectivity index (χ2v) is 6.37. The van der Waals surface area contributed by atoms with Gasteiger partial charge in [0.25, 0.3) is 5.91 Å². The van der Waals surface area contributed by atoms with Crippen LogP contribution in [0.3, 0.4) is 0 Å². The van der Waals surface area contributed by atoms with Crippen molar-refractivity contribution >= 4 is 11.6 Å². The van der Waals surface area contributed by atoms with Crippen LogP contribution in [0, 0.1) is 12.8 Å². The van der Waals surface area contributed by atoms with E-state index >= 15 is 0 Å². The molecule has 2 aromatic heterocycles. The van der Waals surface area contributed by atoms with Gasteiger partial charge in [-0.3, -0.25) is 9.78 Å². The van der Waals surface area contributed by atoms with Gasteiger partial charge in [0.05, 0.1) is 17.6 Å². The van der Waals surface area contributed by atoms with Crippen LogP contribution in [0.2, 0.25) is 0 Å². The lowest BCUT2D eigenvalue weighted by Gasteiger charge is -2.21. The molecule has 3 aromatic rings. The van der Waals surface area contributed by atoms with E-state index in [1.165, 1.54) is 0 Å². The Bertz CT molecular complexity index is 870. The van der Waals surface area contributed by atoms with Crippen LogP contribution in [0.1, 0.15) is 29.1 Å². The van der Waals surface area contributed by atoms with Gasteiger partial charge in [-0.15, -0.1) is 0 Å². The molecule has 5 nitrogen and oxygen atoms in total. The zero-order valence-corrected chi connectivity index (χ0v) is 14.1. The molecule has 25 heavy (non-hydrogen) atoms. The molecule has 1 saturated carbocycles. The molecule has 0 radical (unpaired) electrons. The number of hydrogen-bond donors (Lipinski definition) is 0. The average Bonchev–Trinajstić information content (AvgIpc) is 3.40. The monoisotopic (exact) mass is 333 g/mol. The number of rotatable bonds is 5. The van der Waals surface area contributed by atoms with Crippen LogP contribution in [-0.2, 0) is 0 Å². The smallest absolute Gasteiger partial charge is 0.296 e. The number of aryl methyl sites for hydroxylation is 1. The van der Waals surface area contributed by atoms with E-state index in [9.17, 15) is 4.79 Å². The molecule has 0 spiro atoms. The van der Waals surface area contributed by atoms with E-state index in [0.717, 1.165) is 24.1 Å². The van der Waals surface area contributed by atoms with Gasteiger partial charge in [-0.05, 0) is 49.9 Å². The Morgan fingerprint density at radius 3 is 2.68 bits per heavy atom. The number of amides is 1. The first-order chi connectivity index (χ1) is 12.2. The number of pyridine rings is 1. The minimum absolute atomic E-state index is 0.160. The number of benzene rings is 1. The van der Waals surface area contributed by atoms with E-state index in [0.29, 0.717) is 29.8 Å². The summed E-state index contributed by atoms with van der Waals surface area (Å²) in [5, 5.41) is 0. The zero-order chi connectivity index (χ0) is 17.2. The highest BCUT2D eigenvalue weighted by molar-refractivity contribution is 6.05. The van der Waals surface area contributed by atoms with E-state index < -0.39 is 0 Å². The van der Waals surface area contributed by atoms with Crippen LogP contribution in [0.4, 0.5) is 5.69 Å². The fourth-order valence-electron chi connectivity index (χ4n) is 2.80. The van der Waals surface area contributed by atoms with Crippen LogP contribution >= 0.6 is 0 Å². The Morgan fingerprint density at radius 2 is 2.00 bits per heavy atom. The summed E-state index contributed by atoms with van der Waals surface area (Å²) in [4.78, 5) is 23.5. The summed E-state index contributed by atoms with van der Waals surface area (Å²) in [6.45, 7) is 2.49. The van der Waals surface area contributed by atoms with Crippen molar-refractivity contribution in [1.82, 2.24) is 9.97 Å². The molecule has 126 valence electrons. The molecule has 1 aliphatic rings. The van der Waals surface area contributed by atoms with Crippen molar-refractivity contribution in [3.63, 3.8) is 0 Å². The van der Waals surface area contributed by atoms with Gasteiger partial charge in [-0.1, -0.05) is 18.2 Å². The van der Waals surface area contributed by atoms with Gasteiger partial charge in [0.2, 0.25) is 11.7 Å². The van der Waals surface area contributed by atoms with Crippen molar-refractivity contribution in [2.45, 2.75) is 19.8 Å². The first kappa shape index (κ1) is 15.6. The molecule has 1 fully saturated rings. The third-order valence-electron chi connectivity index (χ3n) is 4.35. The Labute approximate surface area is 146 Å². The van der Waals surface area contributed by atoms with Crippen LogP contribution in [0.25, 0.3) is 11.5 Å². The minimum Gasteiger partial charge on any atom is -0.431 e. The standard InChI is InChI=1S/C20H19N3O2/c1-14-18(25-19(22-14)16-6-3-2-4-7-16)20(24)23(13-15-9-10-15)17-8-5-11-21-12-17/h2-8,11-12,15H,9-10,13H2,1H3. The molecule has 0 aliphatic heterocycles. The molecule has 1 aromatic carbocycles. The summed E-state index contributed by atoms with van der Waals surface area (Å²) < 4.78 is 5.84. The second-order valence-electron chi connectivity index (χ2n) is 6.37. The maximum Gasteiger partial charge on any atom is 0.296 e. The van der Waals surface area contributed by atoms with Gasteiger partial charge in [0.1, 0.15) is 0 Å². The largest absolute Gasteiger partial charge is 0.431 e. The fraction of sp³-hybridized carbons (Fsp3) is 0.250. The SMILES string of the molecule is Cc1nc(-c2ccccc2)oc1C(=O)N(CC1CC1)c1cccnc1. The second kappa shape index (κ2) is 6.51. The van der Waals surface area contributed by atoms with Gasteiger partial charge < -0.3 is 9.32 Å². The fourth-order valence-corrected chi connectivity index (χ4v) is 2.80. The number of hydrogen-bond acceptors (Lipinski definition) is 4. The molecule has 0 unspecified atom stereocenters. The van der Waals surface area contributed by atoms with E-state index in [-0.39, 0.29) is 5.91 Å². The molecule has 0 N–H and O–H groups in total. The maximum absolute atomic E-state index is 13.1. The van der Waals surface area contributed by atoms with Crippen LogP contribution < -0.4 is 4.90 Å². The lowest BCUT2D eigenvalue weighted by atomic mass is 10.2. The Balaban J connectivity index is 1.67. The van der Waals surface area contributed by atoms with Crippen molar-refractivity contribution in [2.24, 2.45) is 5.92 Å². The first-order valence-corrected chi connectivity index (χ1v) is 8.47. The summed E-state index contributed by atoms with van der Waals surface area (Å²) in [7, 11) is 0. The molecular weight excluding hydrogens is 314 g/mol. The Hall–Kier alpha value is -2.95. The molecule has 1 amide bonds. The third kappa shape index (κ3) is 3.31. The van der Waals surface area contributed by atoms with Crippen molar-refractivity contribution < 1.29 is 9.21 Å². The molecular formula is C20H19N3O2. The van der Waals surface area contributed by atoms with Crippen LogP contribution in [0.5, 0.6) is 0 Å². The highest BCUT2D eigenvalue weighted by Crippen LogP contribution is 2.32. The number of anilines is 1. The third-order valence-corrected chi connectivity index (χ3v) is 4.35. The average molecular weight is 333 g/mol. The summed E-state index contributed by atoms with van der Waals surface area (Å²) in [5.74, 6) is 1.16. The lowest BCUT2D eigenvalue weighted by molar-refractivity contribution is 0.0959. The normalized spacial score (nSPS) is 13.6. The predicted octanol–water partition coefficient (Wildman–Crippen LogP) is 4.10. The summed E-state index contributed by atoms with van der Waals surface area (Å²) in [6, 6.07) is 13.4. The first-order valence-electron chi connectivity index (χ1n) is 8.47. The van der Waals surface area contributed by atoms with E-state index in [1.807, 2.05) is 49.4 Å². The molecule has 5 heteroatoms. The van der Waals surface area contributed by atoms with Crippen LogP contribution in [0.15, 0.2) is 59.3 Å². The predicted molar refractivity (Wildman–Crippen MR) is 95.3 cm³/mol. The van der Waals surface area contributed by atoms with E-state index in [4.69, 9.17) is 4.42 Å². The molecule has 0 atom stereocenters. The van der Waals surface area contributed by atoms with Crippen LogP contribution in [-0.4, -0.2) is 22.4 Å². The minimum atomic E-state index is -0.160. The van der Waals surface area contributed by atoms with Gasteiger partial charge in [0.15, 0.2) is 0 Å². The Morgan fingerprint density at radius 1 is 1.20 bits per heavy atom. The van der Waals surface area contributed by atoms with Gasteiger partial charge >= 0.3 is 0 Å². The highest BCUT2D eigenvalue weighted by Gasteiger charge is 2.31. The summed E-state index contributed by atoms with van der Waals surface area (Å²) in [5.41, 5.74) is 2.25. The van der Waals surface area contributed by atoms with E-state index in [1.54, 1.807) is 17.3 Å². The summed E-state index contributed by atoms with van der Waals surface area (Å²) >= 11 is 0. The molecule has 1 aliphatic carbocycles. The quantitative estimate of drug-likeness (QED) is 0.705. The molecule has 4 rings (SSSR count). The maximum atomic E-state index is 13.1. The number of nitrogens with zero attached hydrogens (tertiary/aromatic N) is 3. The van der Waals surface area contributed by atoms with Gasteiger partial charge in [-0.2, -0.15) is 0 Å². The Kier molecular flexibility index (Phi) is 4.06.